The summed E-state index contributed by atoms with van der Waals surface area (Å²) in [5.41, 5.74) is 1.05. The molecule has 0 spiro atoms. The number of rotatable bonds is 6. The molecule has 0 aliphatic carbocycles. The van der Waals surface area contributed by atoms with E-state index in [9.17, 15) is 4.79 Å². The molecule has 3 heteroatoms. The Morgan fingerprint density at radius 3 is 2.82 bits per heavy atom. The van der Waals surface area contributed by atoms with Gasteiger partial charge in [0.05, 0.1) is 0 Å². The topological polar surface area (TPSA) is 38.3 Å². The van der Waals surface area contributed by atoms with Crippen molar-refractivity contribution >= 4 is 5.91 Å². The summed E-state index contributed by atoms with van der Waals surface area (Å²) in [6.07, 6.45) is 2.76. The first-order chi connectivity index (χ1) is 8.22. The maximum absolute atomic E-state index is 11.6. The van der Waals surface area contributed by atoms with Crippen LogP contribution in [0.4, 0.5) is 0 Å². The largest absolute Gasteiger partial charge is 0.480 e. The summed E-state index contributed by atoms with van der Waals surface area (Å²) >= 11 is 0. The first kappa shape index (κ1) is 13.3. The highest BCUT2D eigenvalue weighted by atomic mass is 16.5. The van der Waals surface area contributed by atoms with Gasteiger partial charge in [-0.15, -0.1) is 6.58 Å². The van der Waals surface area contributed by atoms with Crippen LogP contribution in [0.25, 0.3) is 0 Å². The zero-order chi connectivity index (χ0) is 12.7. The van der Waals surface area contributed by atoms with E-state index in [1.54, 1.807) is 7.05 Å². The second kappa shape index (κ2) is 6.74. The lowest BCUT2D eigenvalue weighted by Crippen LogP contribution is -2.35. The van der Waals surface area contributed by atoms with Crippen LogP contribution in [0.2, 0.25) is 0 Å². The highest BCUT2D eigenvalue weighted by molar-refractivity contribution is 5.80. The average Bonchev–Trinajstić information content (AvgIpc) is 2.37. The number of hydrogen-bond acceptors (Lipinski definition) is 2. The van der Waals surface area contributed by atoms with E-state index in [1.807, 2.05) is 37.3 Å². The Kier molecular flexibility index (Phi) is 5.27. The number of hydrogen-bond donors (Lipinski definition) is 1. The van der Waals surface area contributed by atoms with Crippen LogP contribution in [0.5, 0.6) is 5.75 Å². The van der Waals surface area contributed by atoms with Gasteiger partial charge < -0.3 is 10.1 Å². The number of para-hydroxylation sites is 1. The molecule has 0 heterocycles. The number of allylic oxidation sites excluding steroid dienone is 1. The average molecular weight is 233 g/mol. The lowest BCUT2D eigenvalue weighted by atomic mass is 10.1. The third-order valence-electron chi connectivity index (χ3n) is 2.52. The molecule has 1 amide bonds. The van der Waals surface area contributed by atoms with Crippen molar-refractivity contribution in [2.75, 3.05) is 7.05 Å². The molecule has 0 fully saturated rings. The van der Waals surface area contributed by atoms with Crippen LogP contribution in [0, 0.1) is 0 Å². The van der Waals surface area contributed by atoms with Crippen molar-refractivity contribution in [1.82, 2.24) is 5.32 Å². The van der Waals surface area contributed by atoms with E-state index in [0.29, 0.717) is 6.42 Å². The lowest BCUT2D eigenvalue weighted by molar-refractivity contribution is -0.127. The molecule has 1 aromatic carbocycles. The summed E-state index contributed by atoms with van der Waals surface area (Å²) in [5, 5.41) is 2.60. The highest BCUT2D eigenvalue weighted by Gasteiger charge is 2.17. The molecule has 0 aliphatic heterocycles. The second-order valence-electron chi connectivity index (χ2n) is 3.73. The number of likely N-dealkylation sites (N-methyl/N-ethyl adjacent to an activating group) is 1. The van der Waals surface area contributed by atoms with Crippen LogP contribution >= 0.6 is 0 Å². The smallest absolute Gasteiger partial charge is 0.260 e. The number of ether oxygens (including phenoxy) is 1. The Morgan fingerprint density at radius 1 is 1.53 bits per heavy atom. The number of amides is 1. The van der Waals surface area contributed by atoms with Gasteiger partial charge in [-0.25, -0.2) is 0 Å². The SMILES string of the molecule is C=CCc1ccccc1O[C@@H](CC)C(=O)NC. The van der Waals surface area contributed by atoms with Gasteiger partial charge in [-0.1, -0.05) is 31.2 Å². The third-order valence-corrected chi connectivity index (χ3v) is 2.52. The van der Waals surface area contributed by atoms with Gasteiger partial charge >= 0.3 is 0 Å². The van der Waals surface area contributed by atoms with E-state index >= 15 is 0 Å². The molecule has 0 unspecified atom stereocenters. The Bertz CT molecular complexity index is 388. The van der Waals surface area contributed by atoms with Crippen molar-refractivity contribution in [1.29, 1.82) is 0 Å². The van der Waals surface area contributed by atoms with Crippen LogP contribution in [-0.2, 0) is 11.2 Å². The fraction of sp³-hybridized carbons (Fsp3) is 0.357. The summed E-state index contributed by atoms with van der Waals surface area (Å²) in [5.74, 6) is 0.656. The standard InChI is InChI=1S/C14H19NO2/c1-4-8-11-9-6-7-10-13(11)17-12(5-2)14(16)15-3/h4,6-7,9-10,12H,1,5,8H2,2-3H3,(H,15,16)/t12-/m0/s1. The highest BCUT2D eigenvalue weighted by Crippen LogP contribution is 2.20. The molecule has 17 heavy (non-hydrogen) atoms. The van der Waals surface area contributed by atoms with E-state index in [2.05, 4.69) is 11.9 Å². The van der Waals surface area contributed by atoms with Crippen molar-refractivity contribution < 1.29 is 9.53 Å². The maximum Gasteiger partial charge on any atom is 0.260 e. The molecule has 0 radical (unpaired) electrons. The molecule has 0 saturated heterocycles. The van der Waals surface area contributed by atoms with Gasteiger partial charge in [-0.2, -0.15) is 0 Å². The monoisotopic (exact) mass is 233 g/mol. The minimum absolute atomic E-state index is 0.0964. The van der Waals surface area contributed by atoms with Crippen molar-refractivity contribution in [2.45, 2.75) is 25.9 Å². The minimum atomic E-state index is -0.439. The first-order valence-electron chi connectivity index (χ1n) is 5.80. The molecule has 0 bridgehead atoms. The Hall–Kier alpha value is -1.77. The van der Waals surface area contributed by atoms with Gasteiger partial charge in [0, 0.05) is 7.05 Å². The Labute approximate surface area is 102 Å². The van der Waals surface area contributed by atoms with Crippen molar-refractivity contribution in [3.8, 4) is 5.75 Å². The van der Waals surface area contributed by atoms with Crippen LogP contribution in [-0.4, -0.2) is 19.1 Å². The molecule has 0 aliphatic rings. The van der Waals surface area contributed by atoms with Crippen LogP contribution < -0.4 is 10.1 Å². The lowest BCUT2D eigenvalue weighted by Gasteiger charge is -2.18. The summed E-state index contributed by atoms with van der Waals surface area (Å²) in [6, 6.07) is 7.71. The first-order valence-corrected chi connectivity index (χ1v) is 5.80. The number of nitrogens with one attached hydrogen (secondary N) is 1. The van der Waals surface area contributed by atoms with E-state index in [1.165, 1.54) is 0 Å². The predicted octanol–water partition coefficient (Wildman–Crippen LogP) is 2.32. The maximum atomic E-state index is 11.6. The van der Waals surface area contributed by atoms with Gasteiger partial charge in [-0.05, 0) is 24.5 Å². The predicted molar refractivity (Wildman–Crippen MR) is 69.1 cm³/mol. The van der Waals surface area contributed by atoms with Gasteiger partial charge in [0.15, 0.2) is 6.10 Å². The van der Waals surface area contributed by atoms with E-state index in [4.69, 9.17) is 4.74 Å². The van der Waals surface area contributed by atoms with Crippen LogP contribution in [0.3, 0.4) is 0 Å². The van der Waals surface area contributed by atoms with E-state index in [-0.39, 0.29) is 5.91 Å². The van der Waals surface area contributed by atoms with Crippen LogP contribution in [0.15, 0.2) is 36.9 Å². The molecule has 1 aromatic rings. The summed E-state index contributed by atoms with van der Waals surface area (Å²) in [6.45, 7) is 5.64. The molecule has 3 nitrogen and oxygen atoms in total. The summed E-state index contributed by atoms with van der Waals surface area (Å²) < 4.78 is 5.74. The fourth-order valence-corrected chi connectivity index (χ4v) is 1.58. The third kappa shape index (κ3) is 3.63. The van der Waals surface area contributed by atoms with Crippen molar-refractivity contribution in [2.24, 2.45) is 0 Å². The zero-order valence-electron chi connectivity index (χ0n) is 10.4. The second-order valence-corrected chi connectivity index (χ2v) is 3.73. The van der Waals surface area contributed by atoms with Gasteiger partial charge in [0.1, 0.15) is 5.75 Å². The molecule has 0 aromatic heterocycles. The van der Waals surface area contributed by atoms with E-state index in [0.717, 1.165) is 17.7 Å². The Morgan fingerprint density at radius 2 is 2.24 bits per heavy atom. The fourth-order valence-electron chi connectivity index (χ4n) is 1.58. The quantitative estimate of drug-likeness (QED) is 0.766. The molecular weight excluding hydrogens is 214 g/mol. The number of carbonyl (C=O) groups excluding carboxylic acids is 1. The molecule has 92 valence electrons. The molecule has 1 rings (SSSR count). The van der Waals surface area contributed by atoms with Crippen LogP contribution in [0.1, 0.15) is 18.9 Å². The Balaban J connectivity index is 2.85. The normalized spacial score (nSPS) is 11.6. The molecule has 1 atom stereocenters. The minimum Gasteiger partial charge on any atom is -0.480 e. The van der Waals surface area contributed by atoms with Gasteiger partial charge in [0.25, 0.3) is 5.91 Å². The van der Waals surface area contributed by atoms with Crippen molar-refractivity contribution in [3.63, 3.8) is 0 Å². The molecule has 1 N–H and O–H groups in total. The zero-order valence-corrected chi connectivity index (χ0v) is 10.4. The number of carbonyl (C=O) groups is 1. The summed E-state index contributed by atoms with van der Waals surface area (Å²) in [4.78, 5) is 11.6. The molecular formula is C14H19NO2. The van der Waals surface area contributed by atoms with Gasteiger partial charge in [-0.3, -0.25) is 4.79 Å². The summed E-state index contributed by atoms with van der Waals surface area (Å²) in [7, 11) is 1.62. The number of benzene rings is 1. The van der Waals surface area contributed by atoms with Gasteiger partial charge in [0.2, 0.25) is 0 Å². The van der Waals surface area contributed by atoms with Crippen molar-refractivity contribution in [3.05, 3.63) is 42.5 Å². The van der Waals surface area contributed by atoms with E-state index < -0.39 is 6.10 Å². The molecule has 0 saturated carbocycles.